The van der Waals surface area contributed by atoms with E-state index in [4.69, 9.17) is 9.26 Å². The number of amides is 2. The molecule has 8 nitrogen and oxygen atoms in total. The number of hydrogen-bond acceptors (Lipinski definition) is 6. The molecule has 26 heavy (non-hydrogen) atoms. The topological polar surface area (TPSA) is 93.4 Å². The maximum Gasteiger partial charge on any atom is 0.317 e. The van der Waals surface area contributed by atoms with E-state index in [0.717, 1.165) is 41.8 Å². The van der Waals surface area contributed by atoms with Gasteiger partial charge in [-0.15, -0.1) is 0 Å². The minimum absolute atomic E-state index is 0.0386. The SMILES string of the molecule is CCNC(=O)N1CCc2c(cnc(C)c2-c2noc([C@H]3CCOC3)n2)C1. The first-order chi connectivity index (χ1) is 12.7. The molecule has 2 aliphatic heterocycles. The predicted octanol–water partition coefficient (Wildman–Crippen LogP) is 2.03. The van der Waals surface area contributed by atoms with Crippen molar-refractivity contribution in [3.8, 4) is 11.4 Å². The highest BCUT2D eigenvalue weighted by molar-refractivity contribution is 5.75. The van der Waals surface area contributed by atoms with Gasteiger partial charge in [0.25, 0.3) is 0 Å². The van der Waals surface area contributed by atoms with E-state index in [1.54, 1.807) is 0 Å². The molecule has 0 saturated carbocycles. The lowest BCUT2D eigenvalue weighted by molar-refractivity contribution is 0.189. The van der Waals surface area contributed by atoms with Crippen LogP contribution in [0.1, 0.15) is 42.0 Å². The lowest BCUT2D eigenvalue weighted by atomic mass is 9.94. The molecule has 1 N–H and O–H groups in total. The zero-order chi connectivity index (χ0) is 18.1. The number of carbonyl (C=O) groups excluding carboxylic acids is 1. The molecule has 0 aromatic carbocycles. The Balaban J connectivity index is 1.64. The van der Waals surface area contributed by atoms with Gasteiger partial charge in [0.15, 0.2) is 0 Å². The molecule has 138 valence electrons. The Morgan fingerprint density at radius 1 is 1.46 bits per heavy atom. The van der Waals surface area contributed by atoms with Gasteiger partial charge in [-0.1, -0.05) is 5.16 Å². The van der Waals surface area contributed by atoms with E-state index in [9.17, 15) is 4.79 Å². The number of nitrogens with zero attached hydrogens (tertiary/aromatic N) is 4. The van der Waals surface area contributed by atoms with Gasteiger partial charge in [-0.25, -0.2) is 4.79 Å². The third kappa shape index (κ3) is 3.05. The average Bonchev–Trinajstić information content (AvgIpc) is 3.33. The van der Waals surface area contributed by atoms with Crippen molar-refractivity contribution in [2.45, 2.75) is 39.2 Å². The molecule has 4 rings (SSSR count). The Labute approximate surface area is 151 Å². The second-order valence-electron chi connectivity index (χ2n) is 6.75. The van der Waals surface area contributed by atoms with Crippen molar-refractivity contribution in [3.63, 3.8) is 0 Å². The van der Waals surface area contributed by atoms with Crippen LogP contribution in [-0.4, -0.2) is 52.4 Å². The lowest BCUT2D eigenvalue weighted by Crippen LogP contribution is -2.42. The van der Waals surface area contributed by atoms with E-state index in [1.807, 2.05) is 24.9 Å². The molecular weight excluding hydrogens is 334 g/mol. The highest BCUT2D eigenvalue weighted by Crippen LogP contribution is 2.32. The van der Waals surface area contributed by atoms with Gasteiger partial charge in [-0.3, -0.25) is 4.98 Å². The summed E-state index contributed by atoms with van der Waals surface area (Å²) < 4.78 is 10.9. The quantitative estimate of drug-likeness (QED) is 0.903. The van der Waals surface area contributed by atoms with E-state index < -0.39 is 0 Å². The summed E-state index contributed by atoms with van der Waals surface area (Å²) in [5, 5.41) is 7.06. The highest BCUT2D eigenvalue weighted by atomic mass is 16.5. The van der Waals surface area contributed by atoms with Crippen molar-refractivity contribution in [3.05, 3.63) is 28.9 Å². The summed E-state index contributed by atoms with van der Waals surface area (Å²) in [6.07, 6.45) is 3.51. The third-order valence-corrected chi connectivity index (χ3v) is 5.02. The number of rotatable bonds is 3. The number of aromatic nitrogens is 3. The number of hydrogen-bond donors (Lipinski definition) is 1. The fraction of sp³-hybridized carbons (Fsp3) is 0.556. The molecule has 2 aromatic rings. The molecule has 8 heteroatoms. The zero-order valence-corrected chi connectivity index (χ0v) is 15.1. The lowest BCUT2D eigenvalue weighted by Gasteiger charge is -2.29. The summed E-state index contributed by atoms with van der Waals surface area (Å²) >= 11 is 0. The van der Waals surface area contributed by atoms with Crippen LogP contribution >= 0.6 is 0 Å². The minimum Gasteiger partial charge on any atom is -0.381 e. The van der Waals surface area contributed by atoms with Gasteiger partial charge in [0.1, 0.15) is 0 Å². The van der Waals surface area contributed by atoms with Crippen LogP contribution in [0.3, 0.4) is 0 Å². The summed E-state index contributed by atoms with van der Waals surface area (Å²) in [6, 6.07) is -0.0386. The van der Waals surface area contributed by atoms with Crippen molar-refractivity contribution >= 4 is 6.03 Å². The van der Waals surface area contributed by atoms with Crippen LogP contribution in [0.5, 0.6) is 0 Å². The second-order valence-corrected chi connectivity index (χ2v) is 6.75. The van der Waals surface area contributed by atoms with Gasteiger partial charge >= 0.3 is 6.03 Å². The standard InChI is InChI=1S/C18H23N5O3/c1-3-19-18(24)23-6-4-14-13(9-23)8-20-11(2)15(14)16-21-17(26-22-16)12-5-7-25-10-12/h8,12H,3-7,9-10H2,1-2H3,(H,19,24)/t12-/m0/s1. The molecule has 4 heterocycles. The van der Waals surface area contributed by atoms with Gasteiger partial charge in [-0.05, 0) is 37.8 Å². The fourth-order valence-corrected chi connectivity index (χ4v) is 3.61. The molecule has 1 atom stereocenters. The zero-order valence-electron chi connectivity index (χ0n) is 15.1. The molecule has 1 fully saturated rings. The predicted molar refractivity (Wildman–Crippen MR) is 93.6 cm³/mol. The maximum atomic E-state index is 12.1. The van der Waals surface area contributed by atoms with Crippen molar-refractivity contribution in [2.24, 2.45) is 0 Å². The van der Waals surface area contributed by atoms with Gasteiger partial charge in [0, 0.05) is 43.7 Å². The van der Waals surface area contributed by atoms with Crippen LogP contribution in [0.4, 0.5) is 4.79 Å². The largest absolute Gasteiger partial charge is 0.381 e. The molecule has 1 saturated heterocycles. The van der Waals surface area contributed by atoms with E-state index in [2.05, 4.69) is 20.4 Å². The number of nitrogens with one attached hydrogen (secondary N) is 1. The van der Waals surface area contributed by atoms with Gasteiger partial charge in [-0.2, -0.15) is 4.98 Å². The van der Waals surface area contributed by atoms with Crippen molar-refractivity contribution in [1.82, 2.24) is 25.3 Å². The molecule has 0 aliphatic carbocycles. The first kappa shape index (κ1) is 17.0. The molecule has 0 unspecified atom stereocenters. The Kier molecular flexibility index (Phi) is 4.58. The average molecular weight is 357 g/mol. The van der Waals surface area contributed by atoms with Gasteiger partial charge in [0.2, 0.25) is 11.7 Å². The van der Waals surface area contributed by atoms with E-state index in [-0.39, 0.29) is 11.9 Å². The summed E-state index contributed by atoms with van der Waals surface area (Å²) in [5.74, 6) is 1.40. The summed E-state index contributed by atoms with van der Waals surface area (Å²) in [6.45, 7) is 7.07. The Morgan fingerprint density at radius 2 is 2.35 bits per heavy atom. The molecular formula is C18H23N5O3. The molecule has 2 amide bonds. The minimum atomic E-state index is -0.0386. The normalized spacial score (nSPS) is 19.5. The van der Waals surface area contributed by atoms with Crippen LogP contribution in [-0.2, 0) is 17.7 Å². The summed E-state index contributed by atoms with van der Waals surface area (Å²) in [7, 11) is 0. The molecule has 0 radical (unpaired) electrons. The number of ether oxygens (including phenoxy) is 1. The Hall–Kier alpha value is -2.48. The van der Waals surface area contributed by atoms with Crippen LogP contribution in [0.25, 0.3) is 11.4 Å². The first-order valence-electron chi connectivity index (χ1n) is 9.09. The van der Waals surface area contributed by atoms with Crippen LogP contribution in [0, 0.1) is 6.92 Å². The fourth-order valence-electron chi connectivity index (χ4n) is 3.61. The number of carbonyl (C=O) groups is 1. The van der Waals surface area contributed by atoms with Crippen LogP contribution in [0.15, 0.2) is 10.7 Å². The third-order valence-electron chi connectivity index (χ3n) is 5.02. The smallest absolute Gasteiger partial charge is 0.317 e. The maximum absolute atomic E-state index is 12.1. The summed E-state index contributed by atoms with van der Waals surface area (Å²) in [4.78, 5) is 23.1. The number of aryl methyl sites for hydroxylation is 1. The van der Waals surface area contributed by atoms with Gasteiger partial charge < -0.3 is 19.5 Å². The molecule has 2 aromatic heterocycles. The number of urea groups is 1. The summed E-state index contributed by atoms with van der Waals surface area (Å²) in [5.41, 5.74) is 4.02. The van der Waals surface area contributed by atoms with Crippen LogP contribution in [0.2, 0.25) is 0 Å². The van der Waals surface area contributed by atoms with E-state index in [1.165, 1.54) is 0 Å². The Bertz CT molecular complexity index is 813. The molecule has 2 aliphatic rings. The van der Waals surface area contributed by atoms with Crippen molar-refractivity contribution in [2.75, 3.05) is 26.3 Å². The van der Waals surface area contributed by atoms with Crippen LogP contribution < -0.4 is 5.32 Å². The molecule has 0 spiro atoms. The number of fused-ring (bicyclic) bond motifs is 1. The second kappa shape index (κ2) is 7.03. The van der Waals surface area contributed by atoms with Crippen molar-refractivity contribution < 1.29 is 14.1 Å². The van der Waals surface area contributed by atoms with Crippen molar-refractivity contribution in [1.29, 1.82) is 0 Å². The number of pyridine rings is 1. The Morgan fingerprint density at radius 3 is 3.12 bits per heavy atom. The molecule has 0 bridgehead atoms. The first-order valence-corrected chi connectivity index (χ1v) is 9.09. The van der Waals surface area contributed by atoms with E-state index >= 15 is 0 Å². The van der Waals surface area contributed by atoms with Gasteiger partial charge in [0.05, 0.1) is 12.5 Å². The monoisotopic (exact) mass is 357 g/mol. The highest BCUT2D eigenvalue weighted by Gasteiger charge is 2.28. The van der Waals surface area contributed by atoms with E-state index in [0.29, 0.717) is 38.0 Å².